The molecule has 0 N–H and O–H groups in total. The molecule has 2 heteroatoms. The van der Waals surface area contributed by atoms with Gasteiger partial charge in [0.1, 0.15) is 0 Å². The molecule has 0 radical (unpaired) electrons. The van der Waals surface area contributed by atoms with Gasteiger partial charge in [0, 0.05) is 0 Å². The first-order chi connectivity index (χ1) is 8.86. The SMILES string of the molecule is C[Te]c1c2ccccc2c([Te]C)c2ccccc12. The number of rotatable bonds is 2. The van der Waals surface area contributed by atoms with Gasteiger partial charge in [-0.2, -0.15) is 0 Å². The van der Waals surface area contributed by atoms with Crippen molar-refractivity contribution in [2.75, 3.05) is 0 Å². The molecule has 3 rings (SSSR count). The molecule has 0 spiro atoms. The van der Waals surface area contributed by atoms with Crippen LogP contribution in [0.2, 0.25) is 9.94 Å². The zero-order chi connectivity index (χ0) is 12.5. The molecule has 90 valence electrons. The third-order valence-corrected chi connectivity index (χ3v) is 8.08. The van der Waals surface area contributed by atoms with Crippen molar-refractivity contribution in [1.82, 2.24) is 0 Å². The van der Waals surface area contributed by atoms with Crippen LogP contribution < -0.4 is 7.22 Å². The summed E-state index contributed by atoms with van der Waals surface area (Å²) in [5.41, 5.74) is 0. The Morgan fingerprint density at radius 3 is 1.06 bits per heavy atom. The van der Waals surface area contributed by atoms with Crippen molar-refractivity contribution < 1.29 is 0 Å². The predicted octanol–water partition coefficient (Wildman–Crippen LogP) is 2.75. The second-order valence-electron chi connectivity index (χ2n) is 4.16. The molecule has 0 nitrogen and oxygen atoms in total. The van der Waals surface area contributed by atoms with Gasteiger partial charge in [0.2, 0.25) is 0 Å². The molecule has 0 bridgehead atoms. The Kier molecular flexibility index (Phi) is 3.83. The summed E-state index contributed by atoms with van der Waals surface area (Å²) in [5.74, 6) is 0. The zero-order valence-electron chi connectivity index (χ0n) is 10.4. The Hall–Kier alpha value is -0.241. The van der Waals surface area contributed by atoms with Gasteiger partial charge in [-0.15, -0.1) is 0 Å². The molecule has 0 heterocycles. The summed E-state index contributed by atoms with van der Waals surface area (Å²) < 4.78 is 3.27. The zero-order valence-corrected chi connectivity index (χ0v) is 15.1. The summed E-state index contributed by atoms with van der Waals surface area (Å²) in [6, 6.07) is 18.0. The van der Waals surface area contributed by atoms with Crippen LogP contribution in [0.3, 0.4) is 0 Å². The van der Waals surface area contributed by atoms with Crippen LogP contribution in [-0.4, -0.2) is 41.8 Å². The van der Waals surface area contributed by atoms with Crippen LogP contribution in [0.5, 0.6) is 0 Å². The molecule has 3 aromatic carbocycles. The Bertz CT molecular complexity index is 598. The van der Waals surface area contributed by atoms with E-state index in [-0.39, 0.29) is 41.8 Å². The minimum atomic E-state index is -0.0807. The monoisotopic (exact) mass is 466 g/mol. The van der Waals surface area contributed by atoms with Crippen molar-refractivity contribution in [3.8, 4) is 0 Å². The number of hydrogen-bond donors (Lipinski definition) is 0. The summed E-state index contributed by atoms with van der Waals surface area (Å²) in [6.45, 7) is 0. The fourth-order valence-corrected chi connectivity index (χ4v) is 7.03. The molecular weight excluding hydrogens is 447 g/mol. The van der Waals surface area contributed by atoms with Gasteiger partial charge in [0.15, 0.2) is 0 Å². The van der Waals surface area contributed by atoms with Crippen molar-refractivity contribution in [2.24, 2.45) is 0 Å². The summed E-state index contributed by atoms with van der Waals surface area (Å²) in [6.07, 6.45) is 0. The van der Waals surface area contributed by atoms with Crippen LogP contribution in [0, 0.1) is 0 Å². The van der Waals surface area contributed by atoms with E-state index in [0.29, 0.717) is 0 Å². The first kappa shape index (κ1) is 12.8. The molecule has 0 atom stereocenters. The van der Waals surface area contributed by atoms with Crippen molar-refractivity contribution in [1.29, 1.82) is 0 Å². The predicted molar refractivity (Wildman–Crippen MR) is 84.0 cm³/mol. The van der Waals surface area contributed by atoms with Crippen molar-refractivity contribution in [3.63, 3.8) is 0 Å². The van der Waals surface area contributed by atoms with Gasteiger partial charge in [0.25, 0.3) is 0 Å². The van der Waals surface area contributed by atoms with E-state index < -0.39 is 0 Å². The third-order valence-electron chi connectivity index (χ3n) is 3.24. The van der Waals surface area contributed by atoms with Crippen LogP contribution in [0.15, 0.2) is 48.5 Å². The maximum absolute atomic E-state index is 2.39. The molecule has 0 aliphatic rings. The summed E-state index contributed by atoms with van der Waals surface area (Å²) in [7, 11) is 0. The first-order valence-electron chi connectivity index (χ1n) is 5.88. The van der Waals surface area contributed by atoms with Crippen LogP contribution in [0.4, 0.5) is 0 Å². The second-order valence-corrected chi connectivity index (χ2v) is 8.82. The van der Waals surface area contributed by atoms with E-state index in [9.17, 15) is 0 Å². The Labute approximate surface area is 128 Å². The van der Waals surface area contributed by atoms with Crippen molar-refractivity contribution >= 4 is 70.6 Å². The molecule has 0 aliphatic carbocycles. The van der Waals surface area contributed by atoms with E-state index in [2.05, 4.69) is 58.5 Å². The van der Waals surface area contributed by atoms with E-state index >= 15 is 0 Å². The summed E-state index contributed by atoms with van der Waals surface area (Å²) >= 11 is -0.161. The molecule has 0 aliphatic heterocycles. The molecule has 0 fully saturated rings. The van der Waals surface area contributed by atoms with Gasteiger partial charge in [-0.25, -0.2) is 0 Å². The molecule has 3 aromatic rings. The molecular formula is C16H14Te2. The van der Waals surface area contributed by atoms with Gasteiger partial charge >= 0.3 is 129 Å². The van der Waals surface area contributed by atoms with E-state index in [1.165, 1.54) is 21.5 Å². The Morgan fingerprint density at radius 2 is 0.833 bits per heavy atom. The average molecular weight is 461 g/mol. The van der Waals surface area contributed by atoms with Crippen LogP contribution >= 0.6 is 0 Å². The third kappa shape index (κ3) is 1.97. The number of fused-ring (bicyclic) bond motifs is 2. The molecule has 0 aromatic heterocycles. The van der Waals surface area contributed by atoms with Crippen LogP contribution in [-0.2, 0) is 0 Å². The number of benzene rings is 3. The van der Waals surface area contributed by atoms with E-state index in [0.717, 1.165) is 0 Å². The average Bonchev–Trinajstić information content (AvgIpc) is 2.44. The summed E-state index contributed by atoms with van der Waals surface area (Å²) in [4.78, 5) is 4.78. The van der Waals surface area contributed by atoms with Gasteiger partial charge in [-0.3, -0.25) is 0 Å². The van der Waals surface area contributed by atoms with E-state index in [4.69, 9.17) is 0 Å². The normalized spacial score (nSPS) is 11.2. The van der Waals surface area contributed by atoms with Gasteiger partial charge in [0.05, 0.1) is 0 Å². The minimum absolute atomic E-state index is 0.0807. The first-order valence-corrected chi connectivity index (χ1v) is 12.9. The van der Waals surface area contributed by atoms with Crippen molar-refractivity contribution in [3.05, 3.63) is 48.5 Å². The molecule has 0 saturated heterocycles. The van der Waals surface area contributed by atoms with Crippen LogP contribution in [0.1, 0.15) is 0 Å². The maximum atomic E-state index is 2.39. The van der Waals surface area contributed by atoms with Crippen molar-refractivity contribution in [2.45, 2.75) is 9.94 Å². The van der Waals surface area contributed by atoms with Crippen LogP contribution in [0.25, 0.3) is 21.5 Å². The van der Waals surface area contributed by atoms with E-state index in [1.807, 2.05) is 0 Å². The Balaban J connectivity index is 2.61. The van der Waals surface area contributed by atoms with E-state index in [1.54, 1.807) is 7.22 Å². The second kappa shape index (κ2) is 5.40. The fourth-order valence-electron chi connectivity index (χ4n) is 2.49. The standard InChI is InChI=1S/C16H14Te2/c1-17-15-11-7-3-5-9-13(11)16(18-2)14-10-6-4-8-12(14)15/h3-10H,1-2H3. The number of hydrogen-bond acceptors (Lipinski definition) is 0. The molecule has 0 saturated carbocycles. The quantitative estimate of drug-likeness (QED) is 0.407. The molecule has 0 amide bonds. The van der Waals surface area contributed by atoms with Gasteiger partial charge in [-0.1, -0.05) is 0 Å². The van der Waals surface area contributed by atoms with Gasteiger partial charge in [-0.05, 0) is 0 Å². The topological polar surface area (TPSA) is 0 Å². The molecule has 0 unspecified atom stereocenters. The summed E-state index contributed by atoms with van der Waals surface area (Å²) in [5, 5.41) is 6.07. The fraction of sp³-hybridized carbons (Fsp3) is 0.125. The van der Waals surface area contributed by atoms with Gasteiger partial charge < -0.3 is 0 Å². The Morgan fingerprint density at radius 1 is 0.556 bits per heavy atom. The molecule has 18 heavy (non-hydrogen) atoms.